The number of hydrogen-bond acceptors (Lipinski definition) is 6. The topological polar surface area (TPSA) is 93.9 Å². The molecule has 146 valence electrons. The Hall–Kier alpha value is -4.02. The molecule has 7 heteroatoms. The van der Waals surface area contributed by atoms with Gasteiger partial charge < -0.3 is 0 Å². The molecule has 0 unspecified atom stereocenters. The number of nitrogens with zero attached hydrogens (tertiary/aromatic N) is 3. The first-order valence-electron chi connectivity index (χ1n) is 9.20. The van der Waals surface area contributed by atoms with E-state index in [2.05, 4.69) is 39.6 Å². The smallest absolute Gasteiger partial charge is 0.270 e. The van der Waals surface area contributed by atoms with Gasteiger partial charge in [0.2, 0.25) is 5.95 Å². The van der Waals surface area contributed by atoms with E-state index in [1.165, 1.54) is 4.88 Å². The molecule has 0 aliphatic heterocycles. The van der Waals surface area contributed by atoms with E-state index in [0.717, 1.165) is 16.0 Å². The average Bonchev–Trinajstić information content (AvgIpc) is 3.20. The summed E-state index contributed by atoms with van der Waals surface area (Å²) < 4.78 is 0. The number of benzene rings is 2. The van der Waals surface area contributed by atoms with Crippen molar-refractivity contribution in [3.05, 3.63) is 93.1 Å². The maximum atomic E-state index is 12.3. The third-order valence-corrected chi connectivity index (χ3v) is 5.45. The Bertz CT molecular complexity index is 1320. The van der Waals surface area contributed by atoms with Crippen molar-refractivity contribution in [3.8, 4) is 27.8 Å². The highest BCUT2D eigenvalue weighted by atomic mass is 32.1. The van der Waals surface area contributed by atoms with Crippen LogP contribution in [0.15, 0.2) is 76.6 Å². The summed E-state index contributed by atoms with van der Waals surface area (Å²) >= 11 is 1.72. The Kier molecular flexibility index (Phi) is 5.50. The molecule has 4 rings (SSSR count). The number of aryl methyl sites for hydroxylation is 1. The van der Waals surface area contributed by atoms with Gasteiger partial charge in [-0.1, -0.05) is 54.6 Å². The van der Waals surface area contributed by atoms with Gasteiger partial charge in [-0.15, -0.1) is 11.3 Å². The number of H-pyrrole nitrogens is 1. The Morgan fingerprint density at radius 1 is 1.10 bits per heavy atom. The van der Waals surface area contributed by atoms with Crippen molar-refractivity contribution in [3.63, 3.8) is 0 Å². The first-order chi connectivity index (χ1) is 14.7. The molecular formula is C23H17N5OS. The predicted molar refractivity (Wildman–Crippen MR) is 121 cm³/mol. The van der Waals surface area contributed by atoms with Crippen LogP contribution in [0.25, 0.3) is 21.7 Å². The van der Waals surface area contributed by atoms with Gasteiger partial charge >= 0.3 is 0 Å². The molecule has 2 heterocycles. The molecule has 2 aromatic heterocycles. The number of nitrogens with one attached hydrogen (secondary N) is 2. The lowest BCUT2D eigenvalue weighted by atomic mass is 10.1. The first-order valence-corrected chi connectivity index (χ1v) is 10.0. The summed E-state index contributed by atoms with van der Waals surface area (Å²) in [6.45, 7) is 2.07. The standard InChI is InChI=1S/C23H17N5OS/c1-15-11-12-20(30-15)18-10-6-5-9-17(18)14-25-28-23-26-21(16-7-3-2-4-8-16)19(13-24)22(29)27-23/h2-12,14H,1H3,(H2,26,27,28,29). The van der Waals surface area contributed by atoms with Crippen molar-refractivity contribution in [1.82, 2.24) is 9.97 Å². The molecule has 0 aliphatic rings. The van der Waals surface area contributed by atoms with Crippen LogP contribution in [0.4, 0.5) is 5.95 Å². The minimum absolute atomic E-state index is 0.0332. The van der Waals surface area contributed by atoms with Crippen molar-refractivity contribution in [1.29, 1.82) is 5.26 Å². The lowest BCUT2D eigenvalue weighted by Crippen LogP contribution is -2.16. The third kappa shape index (κ3) is 4.04. The number of aromatic amines is 1. The van der Waals surface area contributed by atoms with E-state index in [4.69, 9.17) is 0 Å². The van der Waals surface area contributed by atoms with Gasteiger partial charge in [0.05, 0.1) is 11.9 Å². The molecule has 0 saturated carbocycles. The number of anilines is 1. The predicted octanol–water partition coefficient (Wildman–Crippen LogP) is 4.79. The second-order valence-corrected chi connectivity index (χ2v) is 7.77. The largest absolute Gasteiger partial charge is 0.290 e. The second kappa shape index (κ2) is 8.55. The number of hydrogen-bond donors (Lipinski definition) is 2. The fourth-order valence-corrected chi connectivity index (χ4v) is 3.93. The maximum absolute atomic E-state index is 12.3. The Morgan fingerprint density at radius 3 is 2.60 bits per heavy atom. The second-order valence-electron chi connectivity index (χ2n) is 6.48. The molecule has 0 aliphatic carbocycles. The molecule has 0 spiro atoms. The van der Waals surface area contributed by atoms with E-state index < -0.39 is 5.56 Å². The quantitative estimate of drug-likeness (QED) is 0.365. The lowest BCUT2D eigenvalue weighted by molar-refractivity contribution is 1.08. The van der Waals surface area contributed by atoms with Crippen molar-refractivity contribution in [2.75, 3.05) is 5.43 Å². The SMILES string of the molecule is Cc1ccc(-c2ccccc2C=NNc2nc(-c3ccccc3)c(C#N)c(=O)[nH]2)s1. The Morgan fingerprint density at radius 2 is 1.87 bits per heavy atom. The summed E-state index contributed by atoms with van der Waals surface area (Å²) in [7, 11) is 0. The average molecular weight is 411 g/mol. The fourth-order valence-electron chi connectivity index (χ4n) is 3.01. The minimum Gasteiger partial charge on any atom is -0.290 e. The highest BCUT2D eigenvalue weighted by molar-refractivity contribution is 7.15. The lowest BCUT2D eigenvalue weighted by Gasteiger charge is -2.06. The van der Waals surface area contributed by atoms with Crippen LogP contribution in [0.1, 0.15) is 16.0 Å². The van der Waals surface area contributed by atoms with Gasteiger partial charge in [-0.25, -0.2) is 10.4 Å². The molecule has 6 nitrogen and oxygen atoms in total. The zero-order valence-corrected chi connectivity index (χ0v) is 16.9. The molecule has 0 saturated heterocycles. The van der Waals surface area contributed by atoms with Crippen LogP contribution in [0.2, 0.25) is 0 Å². The number of hydrazone groups is 1. The van der Waals surface area contributed by atoms with E-state index >= 15 is 0 Å². The summed E-state index contributed by atoms with van der Waals surface area (Å²) in [4.78, 5) is 21.7. The van der Waals surface area contributed by atoms with Crippen LogP contribution in [-0.2, 0) is 0 Å². The first kappa shape index (κ1) is 19.3. The zero-order chi connectivity index (χ0) is 20.9. The van der Waals surface area contributed by atoms with Gasteiger partial charge in [0.1, 0.15) is 11.6 Å². The highest BCUT2D eigenvalue weighted by Gasteiger charge is 2.13. The minimum atomic E-state index is -0.515. The Labute approximate surface area is 177 Å². The number of aromatic nitrogens is 2. The van der Waals surface area contributed by atoms with E-state index in [-0.39, 0.29) is 11.5 Å². The van der Waals surface area contributed by atoms with Gasteiger partial charge in [0, 0.05) is 26.4 Å². The summed E-state index contributed by atoms with van der Waals surface area (Å²) in [5.41, 5.74) is 5.24. The highest BCUT2D eigenvalue weighted by Crippen LogP contribution is 2.29. The van der Waals surface area contributed by atoms with E-state index in [1.54, 1.807) is 29.7 Å². The summed E-state index contributed by atoms with van der Waals surface area (Å²) in [6, 6.07) is 23.2. The van der Waals surface area contributed by atoms with Crippen LogP contribution in [0.5, 0.6) is 0 Å². The van der Waals surface area contributed by atoms with Gasteiger partial charge in [-0.05, 0) is 19.1 Å². The van der Waals surface area contributed by atoms with Crippen LogP contribution in [0.3, 0.4) is 0 Å². The summed E-state index contributed by atoms with van der Waals surface area (Å²) in [5, 5.41) is 13.6. The molecule has 0 bridgehead atoms. The van der Waals surface area contributed by atoms with Gasteiger partial charge in [-0.3, -0.25) is 9.78 Å². The molecule has 0 atom stereocenters. The van der Waals surface area contributed by atoms with Crippen molar-refractivity contribution in [2.45, 2.75) is 6.92 Å². The normalized spacial score (nSPS) is 10.8. The van der Waals surface area contributed by atoms with Crippen LogP contribution in [-0.4, -0.2) is 16.2 Å². The van der Waals surface area contributed by atoms with Crippen molar-refractivity contribution < 1.29 is 0 Å². The Balaban J connectivity index is 1.64. The number of thiophene rings is 1. The van der Waals surface area contributed by atoms with Crippen LogP contribution < -0.4 is 11.0 Å². The van der Waals surface area contributed by atoms with Crippen LogP contribution >= 0.6 is 11.3 Å². The van der Waals surface area contributed by atoms with E-state index in [0.29, 0.717) is 11.3 Å². The van der Waals surface area contributed by atoms with E-state index in [1.807, 2.05) is 48.5 Å². The monoisotopic (exact) mass is 411 g/mol. The molecule has 0 radical (unpaired) electrons. The summed E-state index contributed by atoms with van der Waals surface area (Å²) in [5.74, 6) is 0.165. The molecule has 0 amide bonds. The molecule has 4 aromatic rings. The fraction of sp³-hybridized carbons (Fsp3) is 0.0435. The number of nitriles is 1. The zero-order valence-electron chi connectivity index (χ0n) is 16.1. The van der Waals surface area contributed by atoms with Gasteiger partial charge in [0.25, 0.3) is 5.56 Å². The molecule has 30 heavy (non-hydrogen) atoms. The third-order valence-electron chi connectivity index (χ3n) is 4.42. The van der Waals surface area contributed by atoms with Crippen LogP contribution in [0, 0.1) is 18.3 Å². The van der Waals surface area contributed by atoms with Crippen molar-refractivity contribution >= 4 is 23.5 Å². The molecule has 0 fully saturated rings. The molecule has 2 aromatic carbocycles. The summed E-state index contributed by atoms with van der Waals surface area (Å²) in [6.07, 6.45) is 1.69. The van der Waals surface area contributed by atoms with Crippen molar-refractivity contribution in [2.24, 2.45) is 5.10 Å². The molecular weight excluding hydrogens is 394 g/mol. The van der Waals surface area contributed by atoms with Gasteiger partial charge in [0.15, 0.2) is 0 Å². The van der Waals surface area contributed by atoms with E-state index in [9.17, 15) is 10.1 Å². The number of rotatable bonds is 5. The van der Waals surface area contributed by atoms with Gasteiger partial charge in [-0.2, -0.15) is 10.4 Å². The maximum Gasteiger partial charge on any atom is 0.270 e. The molecule has 2 N–H and O–H groups in total.